The fourth-order valence-corrected chi connectivity index (χ4v) is 0.716. The highest BCUT2D eigenvalue weighted by Gasteiger charge is 1.86. The molecule has 0 unspecified atom stereocenters. The van der Waals surface area contributed by atoms with Crippen molar-refractivity contribution in [2.75, 3.05) is 0 Å². The van der Waals surface area contributed by atoms with E-state index in [9.17, 15) is 0 Å². The molecule has 0 amide bonds. The van der Waals surface area contributed by atoms with Gasteiger partial charge in [0.1, 0.15) is 0 Å². The van der Waals surface area contributed by atoms with E-state index in [4.69, 9.17) is 0 Å². The predicted molar refractivity (Wildman–Crippen MR) is 46.7 cm³/mol. The van der Waals surface area contributed by atoms with Gasteiger partial charge in [-0.05, 0) is 19.8 Å². The van der Waals surface area contributed by atoms with Gasteiger partial charge in [-0.2, -0.15) is 0 Å². The topological polar surface area (TPSA) is 12.4 Å². The molecule has 0 radical (unpaired) electrons. The Bertz CT molecular complexity index is 78.6. The van der Waals surface area contributed by atoms with Gasteiger partial charge in [0, 0.05) is 5.71 Å². The average molecular weight is 225 g/mol. The number of unbranched alkanes of at least 4 members (excludes halogenated alkanes) is 1. The summed E-state index contributed by atoms with van der Waals surface area (Å²) in [5.41, 5.74) is 1.26. The Balaban J connectivity index is 3.12. The smallest absolute Gasteiger partial charge is 0.0830 e. The van der Waals surface area contributed by atoms with E-state index in [1.807, 2.05) is 22.9 Å². The van der Waals surface area contributed by atoms with Crippen LogP contribution < -0.4 is 0 Å². The highest BCUT2D eigenvalue weighted by molar-refractivity contribution is 14.1. The Labute approximate surface area is 65.1 Å². The predicted octanol–water partition coefficient (Wildman–Crippen LogP) is 2.99. The molecule has 0 heterocycles. The van der Waals surface area contributed by atoms with E-state index in [1.54, 1.807) is 0 Å². The van der Waals surface area contributed by atoms with Crippen LogP contribution in [0.15, 0.2) is 3.21 Å². The van der Waals surface area contributed by atoms with Crippen LogP contribution in [-0.4, -0.2) is 5.71 Å². The molecule has 0 aliphatic heterocycles. The van der Waals surface area contributed by atoms with Crippen LogP contribution in [-0.2, 0) is 0 Å². The van der Waals surface area contributed by atoms with Crippen LogP contribution in [0, 0.1) is 0 Å². The summed E-state index contributed by atoms with van der Waals surface area (Å²) >= 11 is 2.04. The molecule has 0 spiro atoms. The lowest BCUT2D eigenvalue weighted by Crippen LogP contribution is -1.86. The quantitative estimate of drug-likeness (QED) is 0.517. The molecule has 0 rings (SSSR count). The van der Waals surface area contributed by atoms with Crippen molar-refractivity contribution < 1.29 is 0 Å². The van der Waals surface area contributed by atoms with Gasteiger partial charge < -0.3 is 0 Å². The highest BCUT2D eigenvalue weighted by Crippen LogP contribution is 1.98. The molecular weight excluding hydrogens is 213 g/mol. The molecule has 8 heavy (non-hydrogen) atoms. The Hall–Kier alpha value is 0.400. The Kier molecular flexibility index (Phi) is 5.81. The van der Waals surface area contributed by atoms with E-state index in [1.165, 1.54) is 25.0 Å². The molecule has 0 aromatic carbocycles. The van der Waals surface area contributed by atoms with E-state index in [0.29, 0.717) is 0 Å². The normalized spacial score (nSPS) is 12.1. The molecule has 0 fully saturated rings. The molecule has 0 aliphatic rings. The van der Waals surface area contributed by atoms with Crippen LogP contribution >= 0.6 is 22.9 Å². The summed E-state index contributed by atoms with van der Waals surface area (Å²) in [6, 6.07) is 0. The number of hydrogen-bond acceptors (Lipinski definition) is 1. The van der Waals surface area contributed by atoms with Gasteiger partial charge in [0.25, 0.3) is 0 Å². The van der Waals surface area contributed by atoms with Crippen molar-refractivity contribution in [1.82, 2.24) is 0 Å². The molecule has 2 heteroatoms. The van der Waals surface area contributed by atoms with Gasteiger partial charge in [-0.15, -0.1) is 0 Å². The van der Waals surface area contributed by atoms with Gasteiger partial charge in [-0.25, -0.2) is 3.21 Å². The van der Waals surface area contributed by atoms with Crippen molar-refractivity contribution in [3.05, 3.63) is 0 Å². The van der Waals surface area contributed by atoms with E-state index < -0.39 is 0 Å². The monoisotopic (exact) mass is 225 g/mol. The minimum absolute atomic E-state index is 1.17. The van der Waals surface area contributed by atoms with Gasteiger partial charge in [0.15, 0.2) is 0 Å². The summed E-state index contributed by atoms with van der Waals surface area (Å²) in [4.78, 5) is 0. The molecule has 0 aliphatic carbocycles. The van der Waals surface area contributed by atoms with Crippen LogP contribution in [0.1, 0.15) is 33.1 Å². The molecule has 0 aromatic heterocycles. The van der Waals surface area contributed by atoms with E-state index in [0.717, 1.165) is 0 Å². The Morgan fingerprint density at radius 1 is 1.62 bits per heavy atom. The van der Waals surface area contributed by atoms with Gasteiger partial charge in [-0.3, -0.25) is 0 Å². The van der Waals surface area contributed by atoms with E-state index >= 15 is 0 Å². The third-order valence-electron chi connectivity index (χ3n) is 1.04. The van der Waals surface area contributed by atoms with Crippen molar-refractivity contribution >= 4 is 28.6 Å². The van der Waals surface area contributed by atoms with E-state index in [2.05, 4.69) is 17.1 Å². The number of nitrogens with zero attached hydrogens (tertiary/aromatic N) is 1. The van der Waals surface area contributed by atoms with Gasteiger partial charge >= 0.3 is 0 Å². The minimum atomic E-state index is 1.17. The standard InChI is InChI=1S/C6H12IN/c1-3-4-5-6(2)8-7/h3-5H2,1-2H3. The molecule has 1 nitrogen and oxygen atoms in total. The largest absolute Gasteiger partial charge is 0.224 e. The number of hydrogen-bond donors (Lipinski definition) is 0. The van der Waals surface area contributed by atoms with Crippen LogP contribution in [0.3, 0.4) is 0 Å². The van der Waals surface area contributed by atoms with Gasteiger partial charge in [0.05, 0.1) is 22.9 Å². The lowest BCUT2D eigenvalue weighted by molar-refractivity contribution is 0.835. The summed E-state index contributed by atoms with van der Waals surface area (Å²) in [5.74, 6) is 0. The second kappa shape index (κ2) is 5.54. The molecule has 0 saturated heterocycles. The van der Waals surface area contributed by atoms with Gasteiger partial charge in [0.2, 0.25) is 0 Å². The van der Waals surface area contributed by atoms with Crippen molar-refractivity contribution in [3.8, 4) is 0 Å². The summed E-state index contributed by atoms with van der Waals surface area (Å²) in [6.45, 7) is 4.27. The molecule has 0 aromatic rings. The first-order valence-electron chi connectivity index (χ1n) is 2.95. The molecule has 0 atom stereocenters. The third-order valence-corrected chi connectivity index (χ3v) is 1.86. The maximum atomic E-state index is 4.01. The second-order valence-electron chi connectivity index (χ2n) is 1.92. The number of halogens is 1. The summed E-state index contributed by atoms with van der Waals surface area (Å²) < 4.78 is 4.01. The molecule has 0 bridgehead atoms. The zero-order valence-corrected chi connectivity index (χ0v) is 7.60. The fraction of sp³-hybridized carbons (Fsp3) is 0.833. The van der Waals surface area contributed by atoms with Crippen molar-refractivity contribution in [2.45, 2.75) is 33.1 Å². The second-order valence-corrected chi connectivity index (χ2v) is 2.41. The first-order chi connectivity index (χ1) is 3.81. The van der Waals surface area contributed by atoms with Crippen LogP contribution in [0.25, 0.3) is 0 Å². The summed E-state index contributed by atoms with van der Waals surface area (Å²) in [6.07, 6.45) is 3.71. The lowest BCUT2D eigenvalue weighted by atomic mass is 10.2. The SMILES string of the molecule is CCCCC(C)=NI. The maximum Gasteiger partial charge on any atom is 0.0830 e. The zero-order chi connectivity index (χ0) is 6.41. The molecule has 0 saturated carbocycles. The van der Waals surface area contributed by atoms with Crippen molar-refractivity contribution in [1.29, 1.82) is 0 Å². The van der Waals surface area contributed by atoms with Crippen molar-refractivity contribution in [2.24, 2.45) is 3.21 Å². The Morgan fingerprint density at radius 3 is 2.62 bits per heavy atom. The van der Waals surface area contributed by atoms with Crippen molar-refractivity contribution in [3.63, 3.8) is 0 Å². The third kappa shape index (κ3) is 4.56. The zero-order valence-electron chi connectivity index (χ0n) is 5.45. The van der Waals surface area contributed by atoms with Crippen LogP contribution in [0.5, 0.6) is 0 Å². The summed E-state index contributed by atoms with van der Waals surface area (Å²) in [5, 5.41) is 0. The highest BCUT2D eigenvalue weighted by atomic mass is 127. The Morgan fingerprint density at radius 2 is 2.25 bits per heavy atom. The first kappa shape index (κ1) is 8.40. The number of rotatable bonds is 3. The average Bonchev–Trinajstić information content (AvgIpc) is 1.83. The van der Waals surface area contributed by atoms with E-state index in [-0.39, 0.29) is 0 Å². The lowest BCUT2D eigenvalue weighted by Gasteiger charge is -1.92. The van der Waals surface area contributed by atoms with Crippen LogP contribution in [0.2, 0.25) is 0 Å². The fourth-order valence-electron chi connectivity index (χ4n) is 0.475. The van der Waals surface area contributed by atoms with Crippen LogP contribution in [0.4, 0.5) is 0 Å². The molecular formula is C6H12IN. The summed E-state index contributed by atoms with van der Waals surface area (Å²) in [7, 11) is 0. The molecule has 0 N–H and O–H groups in total. The minimum Gasteiger partial charge on any atom is -0.224 e. The first-order valence-corrected chi connectivity index (χ1v) is 3.92. The van der Waals surface area contributed by atoms with Gasteiger partial charge in [-0.1, -0.05) is 13.3 Å². The maximum absolute atomic E-state index is 4.01. The molecule has 48 valence electrons.